The van der Waals surface area contributed by atoms with Crippen LogP contribution in [-0.2, 0) is 34.0 Å². The molecule has 5 N–H and O–H groups in total. The van der Waals surface area contributed by atoms with Gasteiger partial charge in [0.05, 0.1) is 0 Å². The van der Waals surface area contributed by atoms with Gasteiger partial charge in [-0.2, -0.15) is 0 Å². The number of nitrogens with zero attached hydrogens (tertiary/aromatic N) is 1. The van der Waals surface area contributed by atoms with E-state index in [0.717, 1.165) is 16.7 Å². The molecule has 3 aromatic rings. The van der Waals surface area contributed by atoms with Gasteiger partial charge in [-0.25, -0.2) is 14.4 Å². The Bertz CT molecular complexity index is 1170. The maximum atomic E-state index is 12.6. The zero-order chi connectivity index (χ0) is 31.2. The Hall–Kier alpha value is -4.61. The van der Waals surface area contributed by atoms with Crippen LogP contribution in [0, 0.1) is 0 Å². The molecule has 0 bridgehead atoms. The fourth-order valence-electron chi connectivity index (χ4n) is 4.29. The summed E-state index contributed by atoms with van der Waals surface area (Å²) in [5.41, 5.74) is 8.43. The van der Waals surface area contributed by atoms with Crippen LogP contribution >= 0.6 is 0 Å². The maximum Gasteiger partial charge on any atom is 0.407 e. The van der Waals surface area contributed by atoms with Gasteiger partial charge in [0, 0.05) is 38.8 Å². The Balaban J connectivity index is 1.51. The van der Waals surface area contributed by atoms with Gasteiger partial charge in [0.2, 0.25) is 0 Å². The molecule has 0 radical (unpaired) electrons. The van der Waals surface area contributed by atoms with Crippen LogP contribution in [0.3, 0.4) is 0 Å². The molecule has 0 aliphatic carbocycles. The number of amides is 3. The van der Waals surface area contributed by atoms with E-state index in [2.05, 4.69) is 16.0 Å². The number of alkyl carbamates (subject to hydrolysis) is 3. The number of ether oxygens (including phenoxy) is 3. The fourth-order valence-corrected chi connectivity index (χ4v) is 4.29. The van der Waals surface area contributed by atoms with Crippen LogP contribution in [0.4, 0.5) is 14.4 Å². The van der Waals surface area contributed by atoms with Crippen LogP contribution in [0.25, 0.3) is 0 Å². The topological polar surface area (TPSA) is 144 Å². The molecule has 11 nitrogen and oxygen atoms in total. The number of hydrogen-bond acceptors (Lipinski definition) is 8. The van der Waals surface area contributed by atoms with E-state index in [0.29, 0.717) is 52.1 Å². The van der Waals surface area contributed by atoms with Gasteiger partial charge in [-0.15, -0.1) is 0 Å². The molecular weight excluding hydrogens is 562 g/mol. The van der Waals surface area contributed by atoms with E-state index in [9.17, 15) is 14.4 Å². The van der Waals surface area contributed by atoms with Crippen LogP contribution in [0.2, 0.25) is 0 Å². The molecule has 0 heterocycles. The largest absolute Gasteiger partial charge is 0.445 e. The van der Waals surface area contributed by atoms with Crippen LogP contribution in [0.5, 0.6) is 0 Å². The van der Waals surface area contributed by atoms with Gasteiger partial charge in [-0.05, 0) is 36.1 Å². The van der Waals surface area contributed by atoms with Crippen molar-refractivity contribution in [3.63, 3.8) is 0 Å². The highest BCUT2D eigenvalue weighted by molar-refractivity contribution is 5.68. The molecule has 1 atom stereocenters. The molecule has 236 valence electrons. The van der Waals surface area contributed by atoms with Crippen molar-refractivity contribution in [2.45, 2.75) is 38.7 Å². The molecule has 0 aliphatic rings. The second-order valence-corrected chi connectivity index (χ2v) is 10.1. The first-order valence-electron chi connectivity index (χ1n) is 14.8. The molecule has 0 fully saturated rings. The summed E-state index contributed by atoms with van der Waals surface area (Å²) in [5, 5.41) is 8.49. The van der Waals surface area contributed by atoms with E-state index in [4.69, 9.17) is 19.9 Å². The lowest BCUT2D eigenvalue weighted by Gasteiger charge is -2.28. The third-order valence-corrected chi connectivity index (χ3v) is 6.59. The van der Waals surface area contributed by atoms with Crippen molar-refractivity contribution in [2.24, 2.45) is 5.73 Å². The molecule has 3 rings (SSSR count). The molecule has 0 aromatic heterocycles. The number of carbonyl (C=O) groups excluding carboxylic acids is 3. The number of hydrogen-bond donors (Lipinski definition) is 4. The number of benzene rings is 3. The highest BCUT2D eigenvalue weighted by Gasteiger charge is 2.18. The fraction of sp³-hybridized carbons (Fsp3) is 0.364. The molecule has 0 spiro atoms. The number of nitrogens with two attached hydrogens (primary N) is 1. The third-order valence-electron chi connectivity index (χ3n) is 6.59. The van der Waals surface area contributed by atoms with Gasteiger partial charge in [0.1, 0.15) is 19.8 Å². The van der Waals surface area contributed by atoms with E-state index in [1.165, 1.54) is 0 Å². The highest BCUT2D eigenvalue weighted by atomic mass is 16.6. The summed E-state index contributed by atoms with van der Waals surface area (Å²) in [6, 6.07) is 28.0. The van der Waals surface area contributed by atoms with Crippen molar-refractivity contribution in [1.29, 1.82) is 0 Å². The van der Waals surface area contributed by atoms with Crippen molar-refractivity contribution >= 4 is 18.3 Å². The monoisotopic (exact) mass is 605 g/mol. The Morgan fingerprint density at radius 1 is 0.636 bits per heavy atom. The molecular formula is C33H43N5O6. The van der Waals surface area contributed by atoms with Crippen molar-refractivity contribution in [3.8, 4) is 0 Å². The summed E-state index contributed by atoms with van der Waals surface area (Å²) in [6.07, 6.45) is -0.253. The minimum Gasteiger partial charge on any atom is -0.445 e. The van der Waals surface area contributed by atoms with E-state index in [-0.39, 0.29) is 25.9 Å². The van der Waals surface area contributed by atoms with Gasteiger partial charge < -0.3 is 35.9 Å². The van der Waals surface area contributed by atoms with Crippen molar-refractivity contribution < 1.29 is 28.6 Å². The van der Waals surface area contributed by atoms with E-state index < -0.39 is 18.3 Å². The lowest BCUT2D eigenvalue weighted by Crippen LogP contribution is -2.48. The summed E-state index contributed by atoms with van der Waals surface area (Å²) < 4.78 is 16.0. The summed E-state index contributed by atoms with van der Waals surface area (Å²) in [7, 11) is 0. The molecule has 1 unspecified atom stereocenters. The quantitative estimate of drug-likeness (QED) is 0.158. The first kappa shape index (κ1) is 33.9. The van der Waals surface area contributed by atoms with Gasteiger partial charge in [0.25, 0.3) is 0 Å². The zero-order valence-corrected chi connectivity index (χ0v) is 25.0. The molecule has 3 aromatic carbocycles. The molecule has 0 aliphatic heterocycles. The van der Waals surface area contributed by atoms with Gasteiger partial charge in [-0.1, -0.05) is 91.0 Å². The first-order chi connectivity index (χ1) is 21.5. The van der Waals surface area contributed by atoms with Crippen molar-refractivity contribution in [3.05, 3.63) is 108 Å². The van der Waals surface area contributed by atoms with E-state index in [1.54, 1.807) is 0 Å². The van der Waals surface area contributed by atoms with E-state index >= 15 is 0 Å². The minimum atomic E-state index is -0.529. The minimum absolute atomic E-state index is 0.157. The molecule has 44 heavy (non-hydrogen) atoms. The summed E-state index contributed by atoms with van der Waals surface area (Å²) in [5.74, 6) is 0. The lowest BCUT2D eigenvalue weighted by molar-refractivity contribution is 0.128. The van der Waals surface area contributed by atoms with Crippen LogP contribution in [0.15, 0.2) is 91.0 Å². The standard InChI is InChI=1S/C33H43N5O6/c34-18-10-17-30(37-33(41)44-26-29-15-8-3-9-16-29)23-38(21-19-35-31(39)42-24-27-11-4-1-5-12-27)22-20-36-32(40)43-25-28-13-6-2-7-14-28/h1-9,11-16,30H,10,17-26,34H2,(H,35,39)(H,36,40)(H,37,41). The number of rotatable bonds is 18. The van der Waals surface area contributed by atoms with Gasteiger partial charge in [-0.3, -0.25) is 4.90 Å². The zero-order valence-electron chi connectivity index (χ0n) is 25.0. The molecule has 11 heteroatoms. The SMILES string of the molecule is NCCCC(CN(CCNC(=O)OCc1ccccc1)CCNC(=O)OCc1ccccc1)NC(=O)OCc1ccccc1. The predicted molar refractivity (Wildman–Crippen MR) is 168 cm³/mol. The summed E-state index contributed by atoms with van der Waals surface area (Å²) in [4.78, 5) is 39.2. The van der Waals surface area contributed by atoms with Crippen LogP contribution in [-0.4, -0.2) is 68.5 Å². The van der Waals surface area contributed by atoms with Crippen molar-refractivity contribution in [1.82, 2.24) is 20.9 Å². The van der Waals surface area contributed by atoms with Crippen LogP contribution < -0.4 is 21.7 Å². The Morgan fingerprint density at radius 3 is 1.45 bits per heavy atom. The Labute approximate surface area is 259 Å². The second-order valence-electron chi connectivity index (χ2n) is 10.1. The Morgan fingerprint density at radius 2 is 1.05 bits per heavy atom. The van der Waals surface area contributed by atoms with Crippen molar-refractivity contribution in [2.75, 3.05) is 39.3 Å². The highest BCUT2D eigenvalue weighted by Crippen LogP contribution is 2.05. The molecule has 0 saturated carbocycles. The first-order valence-corrected chi connectivity index (χ1v) is 14.8. The average molecular weight is 606 g/mol. The summed E-state index contributed by atoms with van der Waals surface area (Å²) >= 11 is 0. The summed E-state index contributed by atoms with van der Waals surface area (Å²) in [6.45, 7) is 2.90. The maximum absolute atomic E-state index is 12.6. The second kappa shape index (κ2) is 20.3. The number of carbonyl (C=O) groups is 3. The number of nitrogens with one attached hydrogen (secondary N) is 3. The van der Waals surface area contributed by atoms with Gasteiger partial charge >= 0.3 is 18.3 Å². The van der Waals surface area contributed by atoms with Gasteiger partial charge in [0.15, 0.2) is 0 Å². The Kier molecular flexibility index (Phi) is 15.7. The molecule has 0 saturated heterocycles. The normalized spacial score (nSPS) is 11.3. The van der Waals surface area contributed by atoms with Crippen LogP contribution in [0.1, 0.15) is 29.5 Å². The third kappa shape index (κ3) is 14.5. The van der Waals surface area contributed by atoms with E-state index in [1.807, 2.05) is 95.9 Å². The lowest BCUT2D eigenvalue weighted by atomic mass is 10.1. The smallest absolute Gasteiger partial charge is 0.407 e. The average Bonchev–Trinajstić information content (AvgIpc) is 3.05. The molecule has 3 amide bonds. The predicted octanol–water partition coefficient (Wildman–Crippen LogP) is 4.18.